The molecule has 6 nitrogen and oxygen atoms in total. The highest BCUT2D eigenvalue weighted by atomic mass is 16.8. The molecule has 0 aromatic heterocycles. The molecule has 2 amide bonds. The van der Waals surface area contributed by atoms with Gasteiger partial charge in [0.2, 0.25) is 5.91 Å². The highest BCUT2D eigenvalue weighted by Crippen LogP contribution is 2.49. The van der Waals surface area contributed by atoms with Crippen molar-refractivity contribution in [2.24, 2.45) is 5.92 Å². The van der Waals surface area contributed by atoms with Crippen LogP contribution in [0.5, 0.6) is 0 Å². The van der Waals surface area contributed by atoms with E-state index in [4.69, 9.17) is 14.2 Å². The molecule has 0 radical (unpaired) electrons. The predicted molar refractivity (Wildman–Crippen MR) is 68.8 cm³/mol. The zero-order valence-electron chi connectivity index (χ0n) is 12.5. The summed E-state index contributed by atoms with van der Waals surface area (Å²) in [5.41, 5.74) is -0.620. The van der Waals surface area contributed by atoms with E-state index in [-0.39, 0.29) is 30.1 Å². The summed E-state index contributed by atoms with van der Waals surface area (Å²) in [4.78, 5) is 25.8. The topological polar surface area (TPSA) is 65.1 Å². The first-order valence-corrected chi connectivity index (χ1v) is 7.01. The predicted octanol–water partition coefficient (Wildman–Crippen LogP) is 1.67. The first-order valence-electron chi connectivity index (χ1n) is 7.01. The SMILES string of the molecule is CC(C)(C)OC(=O)N1C(=O)[C@H]2C[C@@H]1[C@@H]1OC(C)(C)O[C@@H]12. The van der Waals surface area contributed by atoms with Crippen molar-refractivity contribution in [3.8, 4) is 0 Å². The van der Waals surface area contributed by atoms with Gasteiger partial charge in [0.25, 0.3) is 0 Å². The molecule has 2 saturated heterocycles. The molecule has 6 heteroatoms. The van der Waals surface area contributed by atoms with E-state index in [1.807, 2.05) is 13.8 Å². The molecule has 3 fully saturated rings. The van der Waals surface area contributed by atoms with Gasteiger partial charge >= 0.3 is 6.09 Å². The Bertz CT molecular complexity index is 467. The van der Waals surface area contributed by atoms with Crippen LogP contribution in [0.4, 0.5) is 4.79 Å². The van der Waals surface area contributed by atoms with E-state index in [1.54, 1.807) is 20.8 Å². The standard InChI is InChI=1S/C14H21NO5/c1-13(2,3)20-12(17)15-8-6-7(11(15)16)9-10(8)19-14(4,5)18-9/h7-10H,6H2,1-5H3/t7-,8+,9+,10-/m0/s1. The molecule has 1 aliphatic carbocycles. The van der Waals surface area contributed by atoms with Crippen LogP contribution in [-0.4, -0.2) is 46.5 Å². The van der Waals surface area contributed by atoms with Gasteiger partial charge in [0.15, 0.2) is 5.79 Å². The molecular weight excluding hydrogens is 262 g/mol. The van der Waals surface area contributed by atoms with Gasteiger partial charge in [-0.25, -0.2) is 9.69 Å². The van der Waals surface area contributed by atoms with Crippen LogP contribution in [0, 0.1) is 5.92 Å². The first-order chi connectivity index (χ1) is 9.09. The van der Waals surface area contributed by atoms with Crippen molar-refractivity contribution in [2.75, 3.05) is 0 Å². The third-order valence-electron chi connectivity index (χ3n) is 3.91. The Morgan fingerprint density at radius 1 is 1.30 bits per heavy atom. The number of likely N-dealkylation sites (tertiary alicyclic amines) is 1. The maximum absolute atomic E-state index is 12.3. The second-order valence-corrected chi connectivity index (χ2v) is 7.16. The Kier molecular flexibility index (Phi) is 2.73. The average Bonchev–Trinajstić information content (AvgIpc) is 2.81. The normalized spacial score (nSPS) is 38.2. The summed E-state index contributed by atoms with van der Waals surface area (Å²) in [6.45, 7) is 9.00. The third-order valence-corrected chi connectivity index (χ3v) is 3.91. The van der Waals surface area contributed by atoms with Gasteiger partial charge in [0.05, 0.1) is 12.0 Å². The molecule has 0 unspecified atom stereocenters. The van der Waals surface area contributed by atoms with E-state index in [0.717, 1.165) is 0 Å². The molecule has 0 aromatic rings. The number of rotatable bonds is 0. The smallest absolute Gasteiger partial charge is 0.417 e. The Morgan fingerprint density at radius 2 is 1.90 bits per heavy atom. The van der Waals surface area contributed by atoms with Crippen molar-refractivity contribution < 1.29 is 23.8 Å². The number of amides is 2. The number of carbonyl (C=O) groups is 2. The lowest BCUT2D eigenvalue weighted by molar-refractivity contribution is -0.156. The molecule has 2 bridgehead atoms. The maximum atomic E-state index is 12.3. The Labute approximate surface area is 118 Å². The monoisotopic (exact) mass is 283 g/mol. The van der Waals surface area contributed by atoms with Crippen molar-refractivity contribution in [2.45, 2.75) is 70.7 Å². The van der Waals surface area contributed by atoms with Crippen LogP contribution in [0.3, 0.4) is 0 Å². The maximum Gasteiger partial charge on any atom is 0.417 e. The number of imide groups is 1. The van der Waals surface area contributed by atoms with Gasteiger partial charge in [-0.05, 0) is 41.0 Å². The lowest BCUT2D eigenvalue weighted by Crippen LogP contribution is -2.53. The average molecular weight is 283 g/mol. The van der Waals surface area contributed by atoms with Crippen LogP contribution in [0.15, 0.2) is 0 Å². The Balaban J connectivity index is 1.80. The summed E-state index contributed by atoms with van der Waals surface area (Å²) in [5.74, 6) is -1.19. The van der Waals surface area contributed by atoms with Crippen LogP contribution in [0.2, 0.25) is 0 Å². The van der Waals surface area contributed by atoms with Crippen molar-refractivity contribution >= 4 is 12.0 Å². The first kappa shape index (κ1) is 13.8. The number of hydrogen-bond acceptors (Lipinski definition) is 5. The van der Waals surface area contributed by atoms with Gasteiger partial charge in [0, 0.05) is 0 Å². The van der Waals surface area contributed by atoms with Crippen LogP contribution >= 0.6 is 0 Å². The van der Waals surface area contributed by atoms with E-state index in [0.29, 0.717) is 6.42 Å². The Morgan fingerprint density at radius 3 is 2.50 bits per heavy atom. The quantitative estimate of drug-likeness (QED) is 0.676. The molecule has 2 aliphatic heterocycles. The summed E-state index contributed by atoms with van der Waals surface area (Å²) >= 11 is 0. The van der Waals surface area contributed by atoms with Crippen LogP contribution < -0.4 is 0 Å². The van der Waals surface area contributed by atoms with Gasteiger partial charge in [-0.2, -0.15) is 0 Å². The number of ether oxygens (including phenoxy) is 3. The highest BCUT2D eigenvalue weighted by Gasteiger charge is 2.65. The molecule has 3 rings (SSSR count). The minimum absolute atomic E-state index is 0.202. The summed E-state index contributed by atoms with van der Waals surface area (Å²) < 4.78 is 16.9. The van der Waals surface area contributed by atoms with E-state index in [1.165, 1.54) is 4.90 Å². The van der Waals surface area contributed by atoms with Gasteiger partial charge in [-0.3, -0.25) is 4.79 Å². The van der Waals surface area contributed by atoms with Gasteiger partial charge in [0.1, 0.15) is 17.8 Å². The molecule has 1 saturated carbocycles. The molecule has 20 heavy (non-hydrogen) atoms. The van der Waals surface area contributed by atoms with E-state index in [9.17, 15) is 9.59 Å². The van der Waals surface area contributed by atoms with Gasteiger partial charge in [-0.15, -0.1) is 0 Å². The lowest BCUT2D eigenvalue weighted by atomic mass is 10.0. The summed E-state index contributed by atoms with van der Waals surface area (Å²) in [5, 5.41) is 0. The molecule has 0 N–H and O–H groups in total. The second-order valence-electron chi connectivity index (χ2n) is 7.16. The fraction of sp³-hybridized carbons (Fsp3) is 0.857. The van der Waals surface area contributed by atoms with E-state index >= 15 is 0 Å². The minimum Gasteiger partial charge on any atom is -0.443 e. The molecule has 0 aromatic carbocycles. The summed E-state index contributed by atoms with van der Waals surface area (Å²) in [7, 11) is 0. The molecule has 112 valence electrons. The fourth-order valence-corrected chi connectivity index (χ4v) is 3.33. The second kappa shape index (κ2) is 3.95. The number of piperidine rings is 1. The molecular formula is C14H21NO5. The highest BCUT2D eigenvalue weighted by molar-refractivity contribution is 5.97. The number of hydrogen-bond donors (Lipinski definition) is 0. The molecule has 0 spiro atoms. The summed E-state index contributed by atoms with van der Waals surface area (Å²) in [6, 6.07) is -0.269. The molecule has 4 atom stereocenters. The number of fused-ring (bicyclic) bond motifs is 5. The van der Waals surface area contributed by atoms with Crippen molar-refractivity contribution in [1.82, 2.24) is 4.90 Å². The molecule has 3 aliphatic rings. The lowest BCUT2D eigenvalue weighted by Gasteiger charge is -2.32. The number of nitrogens with zero attached hydrogens (tertiary/aromatic N) is 1. The third kappa shape index (κ3) is 2.02. The van der Waals surface area contributed by atoms with Gasteiger partial charge in [-0.1, -0.05) is 0 Å². The zero-order valence-corrected chi connectivity index (χ0v) is 12.5. The zero-order chi connectivity index (χ0) is 14.9. The minimum atomic E-state index is -0.698. The van der Waals surface area contributed by atoms with Crippen LogP contribution in [0.25, 0.3) is 0 Å². The number of carbonyl (C=O) groups excluding carboxylic acids is 2. The van der Waals surface area contributed by atoms with Crippen LogP contribution in [0.1, 0.15) is 41.0 Å². The largest absolute Gasteiger partial charge is 0.443 e. The Hall–Kier alpha value is -1.14. The van der Waals surface area contributed by atoms with Crippen molar-refractivity contribution in [3.63, 3.8) is 0 Å². The van der Waals surface area contributed by atoms with E-state index < -0.39 is 17.5 Å². The van der Waals surface area contributed by atoms with Crippen molar-refractivity contribution in [3.05, 3.63) is 0 Å². The van der Waals surface area contributed by atoms with Crippen molar-refractivity contribution in [1.29, 1.82) is 0 Å². The van der Waals surface area contributed by atoms with Crippen LogP contribution in [-0.2, 0) is 19.0 Å². The fourth-order valence-electron chi connectivity index (χ4n) is 3.33. The van der Waals surface area contributed by atoms with Gasteiger partial charge < -0.3 is 14.2 Å². The van der Waals surface area contributed by atoms with E-state index in [2.05, 4.69) is 0 Å². The molecule has 2 heterocycles. The summed E-state index contributed by atoms with van der Waals surface area (Å²) in [6.07, 6.45) is -0.452.